The molecule has 1 aromatic carbocycles. The largest absolute Gasteiger partial charge is 0.467 e. The Morgan fingerprint density at radius 3 is 2.68 bits per heavy atom. The lowest BCUT2D eigenvalue weighted by atomic mass is 10.0. The lowest BCUT2D eigenvalue weighted by Crippen LogP contribution is -2.42. The van der Waals surface area contributed by atoms with Crippen molar-refractivity contribution in [2.75, 3.05) is 7.11 Å². The van der Waals surface area contributed by atoms with E-state index in [4.69, 9.17) is 4.74 Å². The van der Waals surface area contributed by atoms with Gasteiger partial charge in [0.05, 0.1) is 12.6 Å². The number of carbonyl (C=O) groups is 2. The standard InChI is InChI=1S/C17H20N2O3/c1-11(2)10-15(17(21)22-3)19-16(20)13-6-4-8-14-12(13)7-5-9-18-14/h4-9,11,15H,10H2,1-3H3,(H,19,20). The highest BCUT2D eigenvalue weighted by Gasteiger charge is 2.23. The highest BCUT2D eigenvalue weighted by molar-refractivity contribution is 6.07. The summed E-state index contributed by atoms with van der Waals surface area (Å²) in [5.74, 6) is -0.464. The first-order valence-corrected chi connectivity index (χ1v) is 7.25. The number of fused-ring (bicyclic) bond motifs is 1. The number of pyridine rings is 1. The van der Waals surface area contributed by atoms with Gasteiger partial charge in [0.15, 0.2) is 0 Å². The van der Waals surface area contributed by atoms with Crippen molar-refractivity contribution in [3.8, 4) is 0 Å². The zero-order chi connectivity index (χ0) is 16.1. The summed E-state index contributed by atoms with van der Waals surface area (Å²) in [5.41, 5.74) is 1.25. The summed E-state index contributed by atoms with van der Waals surface area (Å²) in [5, 5.41) is 3.53. The third-order valence-corrected chi connectivity index (χ3v) is 3.39. The molecule has 1 heterocycles. The van der Waals surface area contributed by atoms with Gasteiger partial charge in [-0.05, 0) is 30.5 Å². The maximum Gasteiger partial charge on any atom is 0.328 e. The summed E-state index contributed by atoms with van der Waals surface area (Å²) in [4.78, 5) is 28.6. The van der Waals surface area contributed by atoms with Gasteiger partial charge < -0.3 is 10.1 Å². The molecule has 2 rings (SSSR count). The fourth-order valence-electron chi connectivity index (χ4n) is 2.37. The van der Waals surface area contributed by atoms with Crippen molar-refractivity contribution in [2.45, 2.75) is 26.3 Å². The average molecular weight is 300 g/mol. The van der Waals surface area contributed by atoms with Crippen LogP contribution in [0, 0.1) is 5.92 Å². The Morgan fingerprint density at radius 1 is 1.23 bits per heavy atom. The van der Waals surface area contributed by atoms with Gasteiger partial charge in [-0.3, -0.25) is 9.78 Å². The smallest absolute Gasteiger partial charge is 0.328 e. The summed E-state index contributed by atoms with van der Waals surface area (Å²) in [6.07, 6.45) is 2.21. The Balaban J connectivity index is 2.27. The van der Waals surface area contributed by atoms with Gasteiger partial charge in [-0.15, -0.1) is 0 Å². The number of aromatic nitrogens is 1. The predicted octanol–water partition coefficient (Wildman–Crippen LogP) is 2.55. The summed E-state index contributed by atoms with van der Waals surface area (Å²) >= 11 is 0. The molecule has 0 saturated carbocycles. The molecule has 0 fully saturated rings. The van der Waals surface area contributed by atoms with Crippen molar-refractivity contribution in [1.29, 1.82) is 0 Å². The fourth-order valence-corrected chi connectivity index (χ4v) is 2.37. The summed E-state index contributed by atoms with van der Waals surface area (Å²) in [6, 6.07) is 8.32. The molecule has 0 aliphatic rings. The molecule has 5 heteroatoms. The number of benzene rings is 1. The summed E-state index contributed by atoms with van der Waals surface area (Å²) < 4.78 is 4.77. The van der Waals surface area contributed by atoms with Gasteiger partial charge in [-0.1, -0.05) is 26.0 Å². The molecule has 0 saturated heterocycles. The Morgan fingerprint density at radius 2 is 2.00 bits per heavy atom. The lowest BCUT2D eigenvalue weighted by Gasteiger charge is -2.18. The molecule has 1 unspecified atom stereocenters. The third-order valence-electron chi connectivity index (χ3n) is 3.39. The molecular formula is C17H20N2O3. The first-order valence-electron chi connectivity index (χ1n) is 7.25. The maximum absolute atomic E-state index is 12.5. The summed E-state index contributed by atoms with van der Waals surface area (Å²) in [6.45, 7) is 3.98. The number of rotatable bonds is 5. The molecule has 0 aliphatic heterocycles. The second-order valence-corrected chi connectivity index (χ2v) is 5.55. The number of nitrogens with zero attached hydrogens (tertiary/aromatic N) is 1. The number of hydrogen-bond donors (Lipinski definition) is 1. The molecule has 5 nitrogen and oxygen atoms in total. The van der Waals surface area contributed by atoms with E-state index in [1.54, 1.807) is 24.4 Å². The molecular weight excluding hydrogens is 280 g/mol. The van der Waals surface area contributed by atoms with Crippen LogP contribution in [0.15, 0.2) is 36.5 Å². The molecule has 2 aromatic rings. The highest BCUT2D eigenvalue weighted by Crippen LogP contribution is 2.17. The van der Waals surface area contributed by atoms with Crippen LogP contribution in [-0.2, 0) is 9.53 Å². The molecule has 0 bridgehead atoms. The minimum absolute atomic E-state index is 0.263. The summed E-state index contributed by atoms with van der Waals surface area (Å²) in [7, 11) is 1.32. The third kappa shape index (κ3) is 3.61. The monoisotopic (exact) mass is 300 g/mol. The lowest BCUT2D eigenvalue weighted by molar-refractivity contribution is -0.143. The van der Waals surface area contributed by atoms with E-state index >= 15 is 0 Å². The Bertz CT molecular complexity index is 677. The van der Waals surface area contributed by atoms with E-state index in [0.717, 1.165) is 10.9 Å². The van der Waals surface area contributed by atoms with E-state index in [1.165, 1.54) is 7.11 Å². The number of methoxy groups -OCH3 is 1. The molecule has 1 N–H and O–H groups in total. The minimum atomic E-state index is -0.649. The molecule has 22 heavy (non-hydrogen) atoms. The number of nitrogens with one attached hydrogen (secondary N) is 1. The first kappa shape index (κ1) is 15.9. The van der Waals surface area contributed by atoms with E-state index < -0.39 is 12.0 Å². The topological polar surface area (TPSA) is 68.3 Å². The van der Waals surface area contributed by atoms with Crippen LogP contribution in [-0.4, -0.2) is 30.0 Å². The van der Waals surface area contributed by atoms with Gasteiger partial charge in [0.1, 0.15) is 6.04 Å². The highest BCUT2D eigenvalue weighted by atomic mass is 16.5. The molecule has 0 aliphatic carbocycles. The zero-order valence-electron chi connectivity index (χ0n) is 13.0. The van der Waals surface area contributed by atoms with E-state index in [1.807, 2.05) is 26.0 Å². The number of esters is 1. The van der Waals surface area contributed by atoms with Crippen LogP contribution >= 0.6 is 0 Å². The molecule has 1 amide bonds. The van der Waals surface area contributed by atoms with Crippen LogP contribution in [0.3, 0.4) is 0 Å². The SMILES string of the molecule is COC(=O)C(CC(C)C)NC(=O)c1cccc2ncccc12. The van der Waals surface area contributed by atoms with Crippen molar-refractivity contribution in [3.05, 3.63) is 42.1 Å². The van der Waals surface area contributed by atoms with Gasteiger partial charge in [0.2, 0.25) is 0 Å². The minimum Gasteiger partial charge on any atom is -0.467 e. The first-order chi connectivity index (χ1) is 10.5. The van der Waals surface area contributed by atoms with E-state index in [-0.39, 0.29) is 11.8 Å². The Hall–Kier alpha value is -2.43. The number of carbonyl (C=O) groups excluding carboxylic acids is 2. The number of hydrogen-bond acceptors (Lipinski definition) is 4. The zero-order valence-corrected chi connectivity index (χ0v) is 13.0. The van der Waals surface area contributed by atoms with Crippen molar-refractivity contribution in [1.82, 2.24) is 10.3 Å². The Labute approximate surface area is 129 Å². The molecule has 1 atom stereocenters. The van der Waals surface area contributed by atoms with Crippen LogP contribution in [0.25, 0.3) is 10.9 Å². The van der Waals surface area contributed by atoms with E-state index in [0.29, 0.717) is 12.0 Å². The maximum atomic E-state index is 12.5. The van der Waals surface area contributed by atoms with Gasteiger partial charge in [-0.25, -0.2) is 4.79 Å². The van der Waals surface area contributed by atoms with Crippen molar-refractivity contribution in [2.24, 2.45) is 5.92 Å². The van der Waals surface area contributed by atoms with Gasteiger partial charge in [-0.2, -0.15) is 0 Å². The molecule has 1 aromatic heterocycles. The fraction of sp³-hybridized carbons (Fsp3) is 0.353. The normalized spacial score (nSPS) is 12.2. The predicted molar refractivity (Wildman–Crippen MR) is 84.5 cm³/mol. The second kappa shape index (κ2) is 7.02. The van der Waals surface area contributed by atoms with Crippen LogP contribution in [0.2, 0.25) is 0 Å². The van der Waals surface area contributed by atoms with Crippen LogP contribution in [0.4, 0.5) is 0 Å². The van der Waals surface area contributed by atoms with Crippen LogP contribution in [0.5, 0.6) is 0 Å². The molecule has 0 radical (unpaired) electrons. The van der Waals surface area contributed by atoms with Gasteiger partial charge in [0, 0.05) is 17.1 Å². The molecule has 116 valence electrons. The molecule has 0 spiro atoms. The van der Waals surface area contributed by atoms with Crippen LogP contribution < -0.4 is 5.32 Å². The van der Waals surface area contributed by atoms with Crippen molar-refractivity contribution < 1.29 is 14.3 Å². The average Bonchev–Trinajstić information content (AvgIpc) is 2.52. The van der Waals surface area contributed by atoms with Crippen molar-refractivity contribution >= 4 is 22.8 Å². The van der Waals surface area contributed by atoms with E-state index in [9.17, 15) is 9.59 Å². The quantitative estimate of drug-likeness (QED) is 0.862. The number of ether oxygens (including phenoxy) is 1. The van der Waals surface area contributed by atoms with E-state index in [2.05, 4.69) is 10.3 Å². The van der Waals surface area contributed by atoms with Crippen molar-refractivity contribution in [3.63, 3.8) is 0 Å². The van der Waals surface area contributed by atoms with Gasteiger partial charge >= 0.3 is 5.97 Å². The van der Waals surface area contributed by atoms with Crippen LogP contribution in [0.1, 0.15) is 30.6 Å². The Kier molecular flexibility index (Phi) is 5.09. The second-order valence-electron chi connectivity index (χ2n) is 5.55. The van der Waals surface area contributed by atoms with Gasteiger partial charge in [0.25, 0.3) is 5.91 Å². The number of amides is 1.